The van der Waals surface area contributed by atoms with Gasteiger partial charge in [0.05, 0.1) is 6.04 Å². The molecule has 0 aliphatic carbocycles. The van der Waals surface area contributed by atoms with Gasteiger partial charge in [-0.1, -0.05) is 0 Å². The first-order chi connectivity index (χ1) is 4.22. The lowest BCUT2D eigenvalue weighted by atomic mass is 10.1. The number of nitrogens with two attached hydrogens (primary N) is 1. The molecule has 0 saturated carbocycles. The molecule has 0 aromatic rings. The number of hydrogen-bond acceptors (Lipinski definition) is 3. The Morgan fingerprint density at radius 1 is 1.78 bits per heavy atom. The topological polar surface area (TPSA) is 55.1 Å². The average molecular weight is 130 g/mol. The summed E-state index contributed by atoms with van der Waals surface area (Å²) in [4.78, 5) is 10.6. The normalized spacial score (nSPS) is 13.2. The number of carbonyl (C=O) groups excluding carboxylic acids is 1. The third-order valence-electron chi connectivity index (χ3n) is 1.29. The van der Waals surface area contributed by atoms with E-state index in [1.54, 1.807) is 14.0 Å². The van der Waals surface area contributed by atoms with E-state index in [1.807, 2.05) is 0 Å². The van der Waals surface area contributed by atoms with Gasteiger partial charge >= 0.3 is 0 Å². The summed E-state index contributed by atoms with van der Waals surface area (Å²) in [5, 5.41) is 2.87. The monoisotopic (exact) mass is 130 g/mol. The van der Waals surface area contributed by atoms with E-state index in [-0.39, 0.29) is 11.8 Å². The van der Waals surface area contributed by atoms with Gasteiger partial charge in [-0.2, -0.15) is 0 Å². The van der Waals surface area contributed by atoms with Gasteiger partial charge in [0.1, 0.15) is 5.78 Å². The third kappa shape index (κ3) is 3.21. The molecule has 54 valence electrons. The lowest BCUT2D eigenvalue weighted by Crippen LogP contribution is -2.34. The Morgan fingerprint density at radius 3 is 2.44 bits per heavy atom. The Kier molecular flexibility index (Phi) is 4.26. The van der Waals surface area contributed by atoms with Crippen molar-refractivity contribution in [2.75, 3.05) is 13.6 Å². The summed E-state index contributed by atoms with van der Waals surface area (Å²) in [6.45, 7) is 2.13. The number of likely N-dealkylation sites (N-methyl/N-ethyl adjacent to an activating group) is 1. The molecule has 0 aromatic carbocycles. The largest absolute Gasteiger partial charge is 0.330 e. The Labute approximate surface area is 55.6 Å². The van der Waals surface area contributed by atoms with E-state index in [0.29, 0.717) is 6.54 Å². The van der Waals surface area contributed by atoms with Crippen molar-refractivity contribution in [3.8, 4) is 0 Å². The lowest BCUT2D eigenvalue weighted by molar-refractivity contribution is -0.118. The van der Waals surface area contributed by atoms with Crippen LogP contribution in [-0.4, -0.2) is 25.4 Å². The van der Waals surface area contributed by atoms with E-state index in [1.165, 1.54) is 0 Å². The molecule has 0 heterocycles. The Balaban J connectivity index is 3.54. The van der Waals surface area contributed by atoms with Crippen molar-refractivity contribution in [3.05, 3.63) is 0 Å². The Bertz CT molecular complexity index is 93.1. The smallest absolute Gasteiger partial charge is 0.146 e. The summed E-state index contributed by atoms with van der Waals surface area (Å²) in [5.41, 5.74) is 5.25. The highest BCUT2D eigenvalue weighted by Crippen LogP contribution is 1.88. The predicted molar refractivity (Wildman–Crippen MR) is 37.2 cm³/mol. The molecule has 0 aromatic heterocycles. The fourth-order valence-electron chi connectivity index (χ4n) is 0.718. The predicted octanol–water partition coefficient (Wildman–Crippen LogP) is -0.488. The fraction of sp³-hybridized carbons (Fsp3) is 0.833. The maximum absolute atomic E-state index is 10.6. The van der Waals surface area contributed by atoms with Crippen LogP contribution >= 0.6 is 0 Å². The number of rotatable bonds is 4. The third-order valence-corrected chi connectivity index (χ3v) is 1.29. The van der Waals surface area contributed by atoms with Crippen molar-refractivity contribution in [3.63, 3.8) is 0 Å². The van der Waals surface area contributed by atoms with Gasteiger partial charge in [-0.25, -0.2) is 0 Å². The van der Waals surface area contributed by atoms with Gasteiger partial charge in [0, 0.05) is 0 Å². The van der Waals surface area contributed by atoms with Gasteiger partial charge in [-0.3, -0.25) is 4.79 Å². The van der Waals surface area contributed by atoms with Crippen LogP contribution in [-0.2, 0) is 4.79 Å². The van der Waals surface area contributed by atoms with Gasteiger partial charge in [0.15, 0.2) is 0 Å². The number of nitrogens with one attached hydrogen (secondary N) is 1. The lowest BCUT2D eigenvalue weighted by Gasteiger charge is -2.09. The Hall–Kier alpha value is -0.410. The van der Waals surface area contributed by atoms with Crippen LogP contribution in [0.15, 0.2) is 0 Å². The van der Waals surface area contributed by atoms with Gasteiger partial charge in [0.2, 0.25) is 0 Å². The fourth-order valence-corrected chi connectivity index (χ4v) is 0.718. The minimum atomic E-state index is -0.0463. The molecule has 1 atom stereocenters. The van der Waals surface area contributed by atoms with Crippen molar-refractivity contribution in [1.29, 1.82) is 0 Å². The zero-order valence-electron chi connectivity index (χ0n) is 5.98. The van der Waals surface area contributed by atoms with Crippen LogP contribution < -0.4 is 11.1 Å². The number of carbonyl (C=O) groups is 1. The summed E-state index contributed by atoms with van der Waals surface area (Å²) < 4.78 is 0. The van der Waals surface area contributed by atoms with E-state index < -0.39 is 0 Å². The first-order valence-electron chi connectivity index (χ1n) is 3.10. The second kappa shape index (κ2) is 4.47. The molecule has 0 fully saturated rings. The van der Waals surface area contributed by atoms with E-state index >= 15 is 0 Å². The quantitative estimate of drug-likeness (QED) is 0.540. The Morgan fingerprint density at radius 2 is 2.33 bits per heavy atom. The van der Waals surface area contributed by atoms with E-state index in [9.17, 15) is 4.79 Å². The van der Waals surface area contributed by atoms with Crippen molar-refractivity contribution in [1.82, 2.24) is 5.32 Å². The van der Waals surface area contributed by atoms with Crippen LogP contribution in [0.3, 0.4) is 0 Å². The molecule has 3 nitrogen and oxygen atoms in total. The second-order valence-electron chi connectivity index (χ2n) is 2.03. The van der Waals surface area contributed by atoms with Crippen molar-refractivity contribution >= 4 is 5.78 Å². The number of Topliss-reactive ketones (excluding diaryl/α,β-unsaturated/α-hetero) is 1. The number of hydrogen-bond donors (Lipinski definition) is 2. The van der Waals surface area contributed by atoms with Crippen LogP contribution in [0.5, 0.6) is 0 Å². The van der Waals surface area contributed by atoms with Gasteiger partial charge in [-0.05, 0) is 26.9 Å². The van der Waals surface area contributed by atoms with Crippen LogP contribution in [0.1, 0.15) is 13.3 Å². The molecule has 0 aliphatic heterocycles. The van der Waals surface area contributed by atoms with Gasteiger partial charge in [-0.15, -0.1) is 0 Å². The zero-order chi connectivity index (χ0) is 7.28. The second-order valence-corrected chi connectivity index (χ2v) is 2.03. The molecule has 1 unspecified atom stereocenters. The van der Waals surface area contributed by atoms with Gasteiger partial charge < -0.3 is 11.1 Å². The SMILES string of the molecule is CNC(CCN)C(C)=O. The molecule has 0 bridgehead atoms. The molecule has 0 rings (SSSR count). The average Bonchev–Trinajstić information content (AvgIpc) is 1.82. The van der Waals surface area contributed by atoms with E-state index in [2.05, 4.69) is 5.32 Å². The molecule has 0 spiro atoms. The molecular weight excluding hydrogens is 116 g/mol. The molecule has 0 saturated heterocycles. The van der Waals surface area contributed by atoms with E-state index in [4.69, 9.17) is 5.73 Å². The first-order valence-corrected chi connectivity index (χ1v) is 3.10. The van der Waals surface area contributed by atoms with Crippen molar-refractivity contribution < 1.29 is 4.79 Å². The summed E-state index contributed by atoms with van der Waals surface area (Å²) in [6, 6.07) is -0.0463. The summed E-state index contributed by atoms with van der Waals surface area (Å²) >= 11 is 0. The molecular formula is C6H14N2O. The standard InChI is InChI=1S/C6H14N2O/c1-5(9)6(8-2)3-4-7/h6,8H,3-4,7H2,1-2H3. The summed E-state index contributed by atoms with van der Waals surface area (Å²) in [6.07, 6.45) is 0.728. The van der Waals surface area contributed by atoms with Crippen LogP contribution in [0.25, 0.3) is 0 Å². The van der Waals surface area contributed by atoms with Crippen molar-refractivity contribution in [2.24, 2.45) is 5.73 Å². The minimum Gasteiger partial charge on any atom is -0.330 e. The van der Waals surface area contributed by atoms with Crippen molar-refractivity contribution in [2.45, 2.75) is 19.4 Å². The zero-order valence-corrected chi connectivity index (χ0v) is 5.98. The molecule has 3 heteroatoms. The summed E-state index contributed by atoms with van der Waals surface area (Å²) in [5.74, 6) is 0.156. The van der Waals surface area contributed by atoms with E-state index in [0.717, 1.165) is 6.42 Å². The van der Waals surface area contributed by atoms with Gasteiger partial charge in [0.25, 0.3) is 0 Å². The maximum atomic E-state index is 10.6. The van der Waals surface area contributed by atoms with Crippen LogP contribution in [0.2, 0.25) is 0 Å². The first kappa shape index (κ1) is 8.59. The van der Waals surface area contributed by atoms with Crippen LogP contribution in [0.4, 0.5) is 0 Å². The molecule has 9 heavy (non-hydrogen) atoms. The highest BCUT2D eigenvalue weighted by Gasteiger charge is 2.08. The minimum absolute atomic E-state index is 0.0463. The molecule has 0 radical (unpaired) electrons. The maximum Gasteiger partial charge on any atom is 0.146 e. The highest BCUT2D eigenvalue weighted by molar-refractivity contribution is 5.81. The van der Waals surface area contributed by atoms with Crippen LogP contribution in [0, 0.1) is 0 Å². The molecule has 0 aliphatic rings. The molecule has 0 amide bonds. The number of ketones is 1. The highest BCUT2D eigenvalue weighted by atomic mass is 16.1. The molecule has 3 N–H and O–H groups in total. The summed E-state index contributed by atoms with van der Waals surface area (Å²) in [7, 11) is 1.77.